The summed E-state index contributed by atoms with van der Waals surface area (Å²) in [6.45, 7) is 0.725. The van der Waals surface area contributed by atoms with Crippen LogP contribution in [0.3, 0.4) is 0 Å². The van der Waals surface area contributed by atoms with Crippen molar-refractivity contribution in [1.82, 2.24) is 5.32 Å². The number of carbonyl (C=O) groups excluding carboxylic acids is 1. The Labute approximate surface area is 116 Å². The van der Waals surface area contributed by atoms with Crippen LogP contribution in [-0.2, 0) is 11.2 Å². The van der Waals surface area contributed by atoms with Gasteiger partial charge in [0.25, 0.3) is 0 Å². The standard InChI is InChI=1S/C14H18BrNO2/c15-12-6-3-5-11(12)9-16-14(18)8-10-4-1-2-7-13(10)17/h1-2,4,7,11-12,17H,3,5-6,8-9H2,(H,16,18). The maximum absolute atomic E-state index is 11.8. The van der Waals surface area contributed by atoms with Gasteiger partial charge in [0.1, 0.15) is 5.75 Å². The zero-order valence-electron chi connectivity index (χ0n) is 10.2. The van der Waals surface area contributed by atoms with E-state index in [0.717, 1.165) is 6.54 Å². The van der Waals surface area contributed by atoms with Crippen LogP contribution in [0.25, 0.3) is 0 Å². The molecule has 2 unspecified atom stereocenters. The minimum atomic E-state index is -0.0249. The summed E-state index contributed by atoms with van der Waals surface area (Å²) in [4.78, 5) is 12.3. The van der Waals surface area contributed by atoms with Gasteiger partial charge in [-0.1, -0.05) is 40.5 Å². The van der Waals surface area contributed by atoms with Crippen molar-refractivity contribution in [3.8, 4) is 5.75 Å². The second-order valence-electron chi connectivity index (χ2n) is 4.82. The van der Waals surface area contributed by atoms with Gasteiger partial charge in [-0.25, -0.2) is 0 Å². The van der Waals surface area contributed by atoms with Crippen LogP contribution in [-0.4, -0.2) is 22.4 Å². The van der Waals surface area contributed by atoms with Gasteiger partial charge in [-0.15, -0.1) is 0 Å². The first-order valence-corrected chi connectivity index (χ1v) is 7.26. The monoisotopic (exact) mass is 311 g/mol. The summed E-state index contributed by atoms with van der Waals surface area (Å²) in [5.41, 5.74) is 0.678. The molecular formula is C14H18BrNO2. The summed E-state index contributed by atoms with van der Waals surface area (Å²) in [7, 11) is 0. The molecule has 0 aromatic heterocycles. The van der Waals surface area contributed by atoms with E-state index in [-0.39, 0.29) is 18.1 Å². The predicted octanol–water partition coefficient (Wildman–Crippen LogP) is 2.61. The Morgan fingerprint density at radius 1 is 1.39 bits per heavy atom. The molecule has 1 aromatic rings. The number of aromatic hydroxyl groups is 1. The minimum Gasteiger partial charge on any atom is -0.508 e. The first-order chi connectivity index (χ1) is 8.66. The lowest BCUT2D eigenvalue weighted by Gasteiger charge is -2.14. The maximum Gasteiger partial charge on any atom is 0.224 e. The fourth-order valence-corrected chi connectivity index (χ4v) is 3.14. The number of hydrogen-bond donors (Lipinski definition) is 2. The second kappa shape index (κ2) is 6.23. The molecule has 1 aliphatic carbocycles. The third kappa shape index (κ3) is 3.48. The van der Waals surface area contributed by atoms with E-state index < -0.39 is 0 Å². The Kier molecular flexibility index (Phi) is 4.64. The van der Waals surface area contributed by atoms with Crippen molar-refractivity contribution in [3.05, 3.63) is 29.8 Å². The molecule has 4 heteroatoms. The zero-order chi connectivity index (χ0) is 13.0. The molecule has 18 heavy (non-hydrogen) atoms. The number of phenolic OH excluding ortho intramolecular Hbond substituents is 1. The molecule has 1 saturated carbocycles. The van der Waals surface area contributed by atoms with Crippen LogP contribution < -0.4 is 5.32 Å². The lowest BCUT2D eigenvalue weighted by molar-refractivity contribution is -0.120. The number of para-hydroxylation sites is 1. The van der Waals surface area contributed by atoms with Gasteiger partial charge in [0.15, 0.2) is 0 Å². The maximum atomic E-state index is 11.8. The topological polar surface area (TPSA) is 49.3 Å². The van der Waals surface area contributed by atoms with Crippen molar-refractivity contribution < 1.29 is 9.90 Å². The van der Waals surface area contributed by atoms with Gasteiger partial charge >= 0.3 is 0 Å². The van der Waals surface area contributed by atoms with E-state index in [0.29, 0.717) is 16.3 Å². The molecule has 98 valence electrons. The number of hydrogen-bond acceptors (Lipinski definition) is 2. The van der Waals surface area contributed by atoms with Gasteiger partial charge in [0.05, 0.1) is 6.42 Å². The number of nitrogens with one attached hydrogen (secondary N) is 1. The highest BCUT2D eigenvalue weighted by Gasteiger charge is 2.24. The molecule has 1 aromatic carbocycles. The first kappa shape index (κ1) is 13.4. The van der Waals surface area contributed by atoms with Crippen LogP contribution in [0.15, 0.2) is 24.3 Å². The van der Waals surface area contributed by atoms with Crippen molar-refractivity contribution >= 4 is 21.8 Å². The lowest BCUT2D eigenvalue weighted by Crippen LogP contribution is -2.32. The van der Waals surface area contributed by atoms with Crippen molar-refractivity contribution in [2.75, 3.05) is 6.54 Å². The van der Waals surface area contributed by atoms with E-state index in [1.807, 2.05) is 6.07 Å². The van der Waals surface area contributed by atoms with Crippen molar-refractivity contribution in [2.24, 2.45) is 5.92 Å². The molecule has 2 rings (SSSR count). The number of carbonyl (C=O) groups is 1. The number of phenols is 1. The Morgan fingerprint density at radius 3 is 2.83 bits per heavy atom. The molecule has 1 fully saturated rings. The van der Waals surface area contributed by atoms with Crippen LogP contribution >= 0.6 is 15.9 Å². The van der Waals surface area contributed by atoms with E-state index in [2.05, 4.69) is 21.2 Å². The number of benzene rings is 1. The Morgan fingerprint density at radius 2 is 2.17 bits per heavy atom. The Hall–Kier alpha value is -1.03. The number of alkyl halides is 1. The average molecular weight is 312 g/mol. The van der Waals surface area contributed by atoms with E-state index in [4.69, 9.17) is 0 Å². The van der Waals surface area contributed by atoms with Gasteiger partial charge in [-0.05, 0) is 24.8 Å². The van der Waals surface area contributed by atoms with E-state index >= 15 is 0 Å². The third-order valence-corrected chi connectivity index (χ3v) is 4.68. The first-order valence-electron chi connectivity index (χ1n) is 6.34. The largest absolute Gasteiger partial charge is 0.508 e. The lowest BCUT2D eigenvalue weighted by atomic mass is 10.1. The van der Waals surface area contributed by atoms with Crippen LogP contribution in [0.5, 0.6) is 5.75 Å². The van der Waals surface area contributed by atoms with E-state index in [1.165, 1.54) is 19.3 Å². The molecule has 0 spiro atoms. The molecule has 3 nitrogen and oxygen atoms in total. The molecular weight excluding hydrogens is 294 g/mol. The molecule has 0 aliphatic heterocycles. The fourth-order valence-electron chi connectivity index (χ4n) is 2.36. The van der Waals surface area contributed by atoms with Crippen LogP contribution in [0.4, 0.5) is 0 Å². The molecule has 0 saturated heterocycles. The zero-order valence-corrected chi connectivity index (χ0v) is 11.8. The van der Waals surface area contributed by atoms with Crippen molar-refractivity contribution in [3.63, 3.8) is 0 Å². The second-order valence-corrected chi connectivity index (χ2v) is 5.99. The highest BCUT2D eigenvalue weighted by Crippen LogP contribution is 2.30. The van der Waals surface area contributed by atoms with Gasteiger partial charge in [0.2, 0.25) is 5.91 Å². The quantitative estimate of drug-likeness (QED) is 0.840. The van der Waals surface area contributed by atoms with E-state index in [1.54, 1.807) is 18.2 Å². The van der Waals surface area contributed by atoms with Crippen molar-refractivity contribution in [1.29, 1.82) is 0 Å². The summed E-state index contributed by atoms with van der Waals surface area (Å²) in [6, 6.07) is 6.96. The summed E-state index contributed by atoms with van der Waals surface area (Å²) in [6.07, 6.45) is 3.84. The molecule has 1 aliphatic rings. The van der Waals surface area contributed by atoms with E-state index in [9.17, 15) is 9.90 Å². The Bertz CT molecular complexity index is 422. The summed E-state index contributed by atoms with van der Waals surface area (Å²) >= 11 is 3.64. The molecule has 0 radical (unpaired) electrons. The molecule has 2 N–H and O–H groups in total. The minimum absolute atomic E-state index is 0.0249. The smallest absolute Gasteiger partial charge is 0.224 e. The third-order valence-electron chi connectivity index (χ3n) is 3.47. The number of rotatable bonds is 4. The number of halogens is 1. The summed E-state index contributed by atoms with van der Waals surface area (Å²) in [5, 5.41) is 12.5. The summed E-state index contributed by atoms with van der Waals surface area (Å²) < 4.78 is 0. The summed E-state index contributed by atoms with van der Waals surface area (Å²) in [5.74, 6) is 0.702. The predicted molar refractivity (Wildman–Crippen MR) is 74.9 cm³/mol. The van der Waals surface area contributed by atoms with Crippen LogP contribution in [0.2, 0.25) is 0 Å². The van der Waals surface area contributed by atoms with Gasteiger partial charge in [-0.3, -0.25) is 4.79 Å². The number of amides is 1. The van der Waals surface area contributed by atoms with Gasteiger partial charge < -0.3 is 10.4 Å². The average Bonchev–Trinajstić information content (AvgIpc) is 2.75. The highest BCUT2D eigenvalue weighted by atomic mass is 79.9. The molecule has 2 atom stereocenters. The molecule has 0 heterocycles. The van der Waals surface area contributed by atoms with Crippen LogP contribution in [0.1, 0.15) is 24.8 Å². The van der Waals surface area contributed by atoms with Gasteiger partial charge in [0, 0.05) is 16.9 Å². The molecule has 0 bridgehead atoms. The van der Waals surface area contributed by atoms with Crippen molar-refractivity contribution in [2.45, 2.75) is 30.5 Å². The Balaban J connectivity index is 1.80. The normalized spacial score (nSPS) is 22.9. The fraction of sp³-hybridized carbons (Fsp3) is 0.500. The highest BCUT2D eigenvalue weighted by molar-refractivity contribution is 9.09. The SMILES string of the molecule is O=C(Cc1ccccc1O)NCC1CCCC1Br. The molecule has 1 amide bonds. The van der Waals surface area contributed by atoms with Crippen LogP contribution in [0, 0.1) is 5.92 Å². The van der Waals surface area contributed by atoms with Gasteiger partial charge in [-0.2, -0.15) is 0 Å².